The molecule has 8 aromatic rings. The molecule has 8 rings (SSSR count). The predicted octanol–water partition coefficient (Wildman–Crippen LogP) is 9.28. The Bertz CT molecular complexity index is 2300. The van der Waals surface area contributed by atoms with E-state index in [4.69, 9.17) is 4.42 Å². The maximum atomic E-state index is 9.29. The number of rotatable bonds is 3. The highest BCUT2D eigenvalue weighted by molar-refractivity contribution is 6.27. The van der Waals surface area contributed by atoms with Gasteiger partial charge in [0.25, 0.3) is 0 Å². The molecule has 0 spiro atoms. The lowest BCUT2D eigenvalue weighted by Crippen LogP contribution is -1.94. The molecule has 0 saturated heterocycles. The second kappa shape index (κ2) is 8.69. The van der Waals surface area contributed by atoms with E-state index in [2.05, 4.69) is 113 Å². The maximum Gasteiger partial charge on any atom is 0.141 e. The molecule has 0 N–H and O–H groups in total. The zero-order valence-electron chi connectivity index (χ0n) is 21.4. The van der Waals surface area contributed by atoms with Crippen molar-refractivity contribution in [1.82, 2.24) is 9.55 Å². The fourth-order valence-electron chi connectivity index (χ4n) is 5.93. The van der Waals surface area contributed by atoms with E-state index >= 15 is 0 Å². The van der Waals surface area contributed by atoms with Crippen LogP contribution < -0.4 is 0 Å². The van der Waals surface area contributed by atoms with Gasteiger partial charge in [-0.15, -0.1) is 0 Å². The van der Waals surface area contributed by atoms with Crippen molar-refractivity contribution < 1.29 is 4.42 Å². The minimum Gasteiger partial charge on any atom is -0.456 e. The Kier molecular flexibility index (Phi) is 4.85. The highest BCUT2D eigenvalue weighted by Gasteiger charge is 2.18. The molecule has 0 bridgehead atoms. The van der Waals surface area contributed by atoms with Crippen LogP contribution in [0.25, 0.3) is 71.7 Å². The minimum absolute atomic E-state index is 0.413. The zero-order valence-corrected chi connectivity index (χ0v) is 21.4. The van der Waals surface area contributed by atoms with E-state index in [1.54, 1.807) is 6.20 Å². The van der Waals surface area contributed by atoms with Gasteiger partial charge in [-0.2, -0.15) is 5.26 Å². The summed E-state index contributed by atoms with van der Waals surface area (Å²) in [6, 6.07) is 44.1. The summed E-state index contributed by atoms with van der Waals surface area (Å²) in [6.07, 6.45) is 1.68. The van der Waals surface area contributed by atoms with Gasteiger partial charge in [0, 0.05) is 33.4 Å². The fraction of sp³-hybridized carbons (Fsp3) is 0. The average Bonchev–Trinajstić information content (AvgIpc) is 3.57. The van der Waals surface area contributed by atoms with Crippen molar-refractivity contribution in [1.29, 1.82) is 5.26 Å². The summed E-state index contributed by atoms with van der Waals surface area (Å²) in [4.78, 5) is 4.12. The summed E-state index contributed by atoms with van der Waals surface area (Å²) in [7, 11) is 0. The van der Waals surface area contributed by atoms with E-state index in [1.165, 1.54) is 10.8 Å². The number of hydrogen-bond acceptors (Lipinski definition) is 3. The van der Waals surface area contributed by atoms with Crippen LogP contribution in [0.2, 0.25) is 0 Å². The smallest absolute Gasteiger partial charge is 0.141 e. The Labute approximate surface area is 230 Å². The van der Waals surface area contributed by atoms with Gasteiger partial charge in [0.1, 0.15) is 22.9 Å². The molecule has 186 valence electrons. The number of fused-ring (bicyclic) bond motifs is 7. The second-order valence-electron chi connectivity index (χ2n) is 9.96. The van der Waals surface area contributed by atoms with Crippen LogP contribution in [0.1, 0.15) is 5.69 Å². The number of para-hydroxylation sites is 2. The van der Waals surface area contributed by atoms with Crippen molar-refractivity contribution in [2.75, 3.05) is 0 Å². The Hall–Kier alpha value is -5.66. The molecule has 3 aromatic heterocycles. The van der Waals surface area contributed by atoms with Crippen molar-refractivity contribution in [3.63, 3.8) is 0 Å². The predicted molar refractivity (Wildman–Crippen MR) is 161 cm³/mol. The highest BCUT2D eigenvalue weighted by atomic mass is 16.3. The molecule has 0 fully saturated rings. The van der Waals surface area contributed by atoms with Gasteiger partial charge in [0.05, 0.1) is 11.0 Å². The van der Waals surface area contributed by atoms with Gasteiger partial charge in [-0.25, -0.2) is 4.98 Å². The summed E-state index contributed by atoms with van der Waals surface area (Å²) in [5.74, 6) is 0. The van der Waals surface area contributed by atoms with Gasteiger partial charge >= 0.3 is 0 Å². The van der Waals surface area contributed by atoms with Crippen LogP contribution in [0.5, 0.6) is 0 Å². The maximum absolute atomic E-state index is 9.29. The molecule has 0 unspecified atom stereocenters. The number of furan rings is 1. The Morgan fingerprint density at radius 3 is 2.15 bits per heavy atom. The number of hydrogen-bond donors (Lipinski definition) is 0. The van der Waals surface area contributed by atoms with Gasteiger partial charge in [0.2, 0.25) is 0 Å². The standard InChI is InChI=1S/C36H21N3O/c37-22-27-20-26(17-18-38-27)24-8-5-7-23(19-24)25-9-6-10-28(21-25)39-31-13-3-1-11-29(31)35-32(39)15-16-34-36(35)30-12-2-4-14-33(30)40-34/h1-21H. The molecule has 0 saturated carbocycles. The van der Waals surface area contributed by atoms with Crippen molar-refractivity contribution in [2.24, 2.45) is 0 Å². The fourth-order valence-corrected chi connectivity index (χ4v) is 5.93. The van der Waals surface area contributed by atoms with Crippen molar-refractivity contribution in [3.8, 4) is 34.0 Å². The van der Waals surface area contributed by atoms with Crippen LogP contribution in [-0.2, 0) is 0 Å². The topological polar surface area (TPSA) is 54.8 Å². The largest absolute Gasteiger partial charge is 0.456 e. The highest BCUT2D eigenvalue weighted by Crippen LogP contribution is 2.41. The summed E-state index contributed by atoms with van der Waals surface area (Å²) in [6.45, 7) is 0. The van der Waals surface area contributed by atoms with E-state index in [1.807, 2.05) is 24.3 Å². The third-order valence-corrected chi connectivity index (χ3v) is 7.68. The van der Waals surface area contributed by atoms with Crippen LogP contribution in [0.4, 0.5) is 0 Å². The lowest BCUT2D eigenvalue weighted by atomic mass is 9.99. The Morgan fingerprint density at radius 1 is 0.575 bits per heavy atom. The SMILES string of the molecule is N#Cc1cc(-c2cccc(-c3cccc(-n4c5ccccc5c5c6c(ccc54)oc4ccccc46)c3)c2)ccn1. The zero-order chi connectivity index (χ0) is 26.6. The van der Waals surface area contributed by atoms with Gasteiger partial charge < -0.3 is 8.98 Å². The first-order valence-electron chi connectivity index (χ1n) is 13.2. The van der Waals surface area contributed by atoms with Crippen LogP contribution >= 0.6 is 0 Å². The van der Waals surface area contributed by atoms with Crippen molar-refractivity contribution >= 4 is 43.7 Å². The molecular formula is C36H21N3O. The van der Waals surface area contributed by atoms with E-state index in [9.17, 15) is 5.26 Å². The average molecular weight is 512 g/mol. The first kappa shape index (κ1) is 22.3. The van der Waals surface area contributed by atoms with E-state index in [0.717, 1.165) is 60.9 Å². The van der Waals surface area contributed by atoms with E-state index in [-0.39, 0.29) is 0 Å². The molecule has 4 heteroatoms. The monoisotopic (exact) mass is 511 g/mol. The lowest BCUT2D eigenvalue weighted by Gasteiger charge is -2.11. The molecule has 4 nitrogen and oxygen atoms in total. The van der Waals surface area contributed by atoms with E-state index in [0.29, 0.717) is 5.69 Å². The van der Waals surface area contributed by atoms with Gasteiger partial charge in [-0.05, 0) is 76.9 Å². The molecular weight excluding hydrogens is 490 g/mol. The quantitative estimate of drug-likeness (QED) is 0.237. The Balaban J connectivity index is 1.34. The number of nitriles is 1. The summed E-state index contributed by atoms with van der Waals surface area (Å²) in [5, 5.41) is 14.0. The second-order valence-corrected chi connectivity index (χ2v) is 9.96. The van der Waals surface area contributed by atoms with Crippen LogP contribution in [0, 0.1) is 11.3 Å². The number of nitrogens with zero attached hydrogens (tertiary/aromatic N) is 3. The molecule has 3 heterocycles. The molecule has 0 amide bonds. The molecule has 0 atom stereocenters. The molecule has 0 aliphatic rings. The normalized spacial score (nSPS) is 11.5. The third kappa shape index (κ3) is 3.35. The van der Waals surface area contributed by atoms with Crippen LogP contribution in [0.3, 0.4) is 0 Å². The summed E-state index contributed by atoms with van der Waals surface area (Å²) < 4.78 is 8.58. The van der Waals surface area contributed by atoms with Gasteiger partial charge in [-0.1, -0.05) is 66.7 Å². The lowest BCUT2D eigenvalue weighted by molar-refractivity contribution is 0.669. The van der Waals surface area contributed by atoms with Gasteiger partial charge in [-0.3, -0.25) is 0 Å². The first-order valence-corrected chi connectivity index (χ1v) is 13.2. The third-order valence-electron chi connectivity index (χ3n) is 7.68. The molecule has 0 aliphatic carbocycles. The van der Waals surface area contributed by atoms with Crippen molar-refractivity contribution in [3.05, 3.63) is 133 Å². The first-order chi connectivity index (χ1) is 19.8. The summed E-state index contributed by atoms with van der Waals surface area (Å²) in [5.41, 5.74) is 9.86. The van der Waals surface area contributed by atoms with E-state index < -0.39 is 0 Å². The molecule has 0 aliphatic heterocycles. The van der Waals surface area contributed by atoms with Gasteiger partial charge in [0.15, 0.2) is 0 Å². The number of pyridine rings is 1. The van der Waals surface area contributed by atoms with Crippen molar-refractivity contribution in [2.45, 2.75) is 0 Å². The molecule has 40 heavy (non-hydrogen) atoms. The number of benzene rings is 5. The summed E-state index contributed by atoms with van der Waals surface area (Å²) >= 11 is 0. The molecule has 0 radical (unpaired) electrons. The van der Waals surface area contributed by atoms with Crippen LogP contribution in [-0.4, -0.2) is 9.55 Å². The van der Waals surface area contributed by atoms with Crippen LogP contribution in [0.15, 0.2) is 132 Å². The number of aromatic nitrogens is 2. The Morgan fingerprint density at radius 2 is 1.30 bits per heavy atom. The molecule has 5 aromatic carbocycles. The minimum atomic E-state index is 0.413.